The molecule has 0 saturated heterocycles. The number of Topliss-reactive ketones (excluding diaryl/α,β-unsaturated/α-hetero) is 2. The minimum absolute atomic E-state index is 0.0747. The van der Waals surface area contributed by atoms with E-state index in [0.29, 0.717) is 40.5 Å². The second-order valence-electron chi connectivity index (χ2n) is 10.5. The number of carbonyl (C=O) groups is 4. The van der Waals surface area contributed by atoms with Crippen molar-refractivity contribution in [3.8, 4) is 23.0 Å². The Kier molecular flexibility index (Phi) is 11.0. The molecule has 0 amide bonds. The molecule has 10 nitrogen and oxygen atoms in total. The van der Waals surface area contributed by atoms with E-state index in [1.54, 1.807) is 24.3 Å². The fourth-order valence-corrected chi connectivity index (χ4v) is 6.53. The van der Waals surface area contributed by atoms with Gasteiger partial charge in [-0.3, -0.25) is 19.2 Å². The van der Waals surface area contributed by atoms with E-state index in [2.05, 4.69) is 0 Å². The smallest absolute Gasteiger partial charge is 0.306 e. The predicted molar refractivity (Wildman–Crippen MR) is 168 cm³/mol. The van der Waals surface area contributed by atoms with Gasteiger partial charge in [-0.15, -0.1) is 22.7 Å². The molecule has 2 heterocycles. The van der Waals surface area contributed by atoms with Gasteiger partial charge in [0.2, 0.25) is 0 Å². The molecule has 4 aromatic rings. The second kappa shape index (κ2) is 14.7. The van der Waals surface area contributed by atoms with E-state index in [4.69, 9.17) is 29.2 Å². The number of hydrogen-bond acceptors (Lipinski definition) is 10. The number of fused-ring (bicyclic) bond motifs is 2. The van der Waals surface area contributed by atoms with Crippen molar-refractivity contribution in [2.24, 2.45) is 11.8 Å². The Morgan fingerprint density at radius 1 is 0.733 bits per heavy atom. The van der Waals surface area contributed by atoms with Gasteiger partial charge in [-0.25, -0.2) is 4.39 Å². The number of hydrogen-bond donors (Lipinski definition) is 2. The molecule has 2 N–H and O–H groups in total. The molecular formula is C32H33FO10S2. The lowest BCUT2D eigenvalue weighted by Crippen LogP contribution is -2.13. The summed E-state index contributed by atoms with van der Waals surface area (Å²) in [5.74, 6) is -3.92. The monoisotopic (exact) mass is 660 g/mol. The van der Waals surface area contributed by atoms with Gasteiger partial charge in [0, 0.05) is 39.8 Å². The zero-order chi connectivity index (χ0) is 32.8. The molecule has 0 aliphatic carbocycles. The lowest BCUT2D eigenvalue weighted by Gasteiger charge is -2.13. The Morgan fingerprint density at radius 2 is 1.27 bits per heavy atom. The van der Waals surface area contributed by atoms with Gasteiger partial charge in [0.05, 0.1) is 49.0 Å². The maximum absolute atomic E-state index is 15.5. The normalized spacial score (nSPS) is 12.6. The van der Waals surface area contributed by atoms with Gasteiger partial charge < -0.3 is 29.2 Å². The molecule has 2 unspecified atom stereocenters. The van der Waals surface area contributed by atoms with Crippen molar-refractivity contribution < 1.29 is 52.7 Å². The van der Waals surface area contributed by atoms with Gasteiger partial charge in [-0.05, 0) is 36.4 Å². The van der Waals surface area contributed by atoms with Crippen LogP contribution in [0.15, 0.2) is 30.3 Å². The van der Waals surface area contributed by atoms with Crippen LogP contribution < -0.4 is 18.9 Å². The first-order valence-corrected chi connectivity index (χ1v) is 15.8. The Morgan fingerprint density at radius 3 is 1.84 bits per heavy atom. The van der Waals surface area contributed by atoms with E-state index < -0.39 is 29.6 Å². The minimum Gasteiger partial charge on any atom is -0.493 e. The third-order valence-electron chi connectivity index (χ3n) is 7.12. The first kappa shape index (κ1) is 33.7. The maximum atomic E-state index is 15.5. The van der Waals surface area contributed by atoms with E-state index in [9.17, 15) is 19.2 Å². The molecule has 0 aliphatic rings. The van der Waals surface area contributed by atoms with Crippen LogP contribution in [0.1, 0.15) is 58.9 Å². The molecule has 2 aromatic carbocycles. The van der Waals surface area contributed by atoms with Gasteiger partial charge in [-0.2, -0.15) is 0 Å². The summed E-state index contributed by atoms with van der Waals surface area (Å²) in [7, 11) is 2.90. The van der Waals surface area contributed by atoms with E-state index >= 15 is 4.39 Å². The van der Waals surface area contributed by atoms with Gasteiger partial charge in [0.25, 0.3) is 0 Å². The van der Waals surface area contributed by atoms with E-state index in [-0.39, 0.29) is 52.8 Å². The Hall–Kier alpha value is -4.23. The van der Waals surface area contributed by atoms with Gasteiger partial charge >= 0.3 is 11.9 Å². The summed E-state index contributed by atoms with van der Waals surface area (Å²) >= 11 is 2.34. The molecule has 0 aliphatic heterocycles. The largest absolute Gasteiger partial charge is 0.493 e. The molecule has 4 rings (SSSR count). The first-order valence-electron chi connectivity index (χ1n) is 14.1. The number of rotatable bonds is 17. The molecule has 2 atom stereocenters. The van der Waals surface area contributed by atoms with Gasteiger partial charge in [-0.1, -0.05) is 13.8 Å². The van der Waals surface area contributed by atoms with Gasteiger partial charge in [0.1, 0.15) is 0 Å². The Bertz CT molecular complexity index is 1740. The lowest BCUT2D eigenvalue weighted by atomic mass is 10.0. The quantitative estimate of drug-likeness (QED) is 0.0888. The summed E-state index contributed by atoms with van der Waals surface area (Å²) < 4.78 is 39.2. The Balaban J connectivity index is 1.36. The maximum Gasteiger partial charge on any atom is 0.306 e. The van der Waals surface area contributed by atoms with Crippen molar-refractivity contribution in [2.45, 2.75) is 39.5 Å². The topological polar surface area (TPSA) is 146 Å². The summed E-state index contributed by atoms with van der Waals surface area (Å²) in [5.41, 5.74) is 0. The number of thiophene rings is 2. The van der Waals surface area contributed by atoms with Crippen molar-refractivity contribution >= 4 is 66.4 Å². The predicted octanol–water partition coefficient (Wildman–Crippen LogP) is 7.10. The summed E-state index contributed by atoms with van der Waals surface area (Å²) in [5, 5.41) is 19.2. The molecule has 45 heavy (non-hydrogen) atoms. The fraction of sp³-hybridized carbons (Fsp3) is 0.375. The number of carbonyl (C=O) groups excluding carboxylic acids is 2. The third kappa shape index (κ3) is 7.90. The minimum atomic E-state index is -1.08. The fourth-order valence-electron chi connectivity index (χ4n) is 4.47. The molecular weight excluding hydrogens is 627 g/mol. The van der Waals surface area contributed by atoms with Crippen LogP contribution in [0.2, 0.25) is 0 Å². The van der Waals surface area contributed by atoms with Crippen LogP contribution in [0.25, 0.3) is 20.2 Å². The highest BCUT2D eigenvalue weighted by Gasteiger charge is 2.23. The van der Waals surface area contributed by atoms with Crippen molar-refractivity contribution in [3.63, 3.8) is 0 Å². The van der Waals surface area contributed by atoms with Crippen molar-refractivity contribution in [1.82, 2.24) is 0 Å². The molecule has 2 aromatic heterocycles. The van der Waals surface area contributed by atoms with Crippen LogP contribution in [0.5, 0.6) is 23.0 Å². The number of ether oxygens (including phenoxy) is 4. The summed E-state index contributed by atoms with van der Waals surface area (Å²) in [6.07, 6.45) is 0.807. The van der Waals surface area contributed by atoms with Crippen molar-refractivity contribution in [2.75, 3.05) is 27.4 Å². The molecule has 0 radical (unpaired) electrons. The summed E-state index contributed by atoms with van der Waals surface area (Å²) in [6, 6.07) is 8.28. The molecule has 0 spiro atoms. The zero-order valence-electron chi connectivity index (χ0n) is 25.1. The highest BCUT2D eigenvalue weighted by atomic mass is 32.1. The molecule has 13 heteroatoms. The first-order chi connectivity index (χ1) is 21.4. The average Bonchev–Trinajstić information content (AvgIpc) is 3.63. The summed E-state index contributed by atoms with van der Waals surface area (Å²) in [4.78, 5) is 48.1. The van der Waals surface area contributed by atoms with Crippen LogP contribution in [-0.4, -0.2) is 61.2 Å². The van der Waals surface area contributed by atoms with Crippen LogP contribution >= 0.6 is 22.7 Å². The number of methoxy groups -OCH3 is 2. The standard InChI is InChI=1S/C32H33FO10S2/c1-16(31(36)37)9-20(34)27-12-18-11-23(22(40-3)14-25(18)44-27)42-7-5-6-8-43-30-24(41-4)15-26-19(29(30)33)13-28(45-26)21(35)10-17(2)32(38)39/h11-17H,5-10H2,1-4H3,(H,36,37)(H,38,39). The molecule has 0 bridgehead atoms. The molecule has 0 saturated carbocycles. The summed E-state index contributed by atoms with van der Waals surface area (Å²) in [6.45, 7) is 3.41. The van der Waals surface area contributed by atoms with Crippen LogP contribution in [0.4, 0.5) is 4.39 Å². The van der Waals surface area contributed by atoms with Crippen molar-refractivity contribution in [1.29, 1.82) is 0 Å². The molecule has 0 fully saturated rings. The number of carboxylic acids is 2. The van der Waals surface area contributed by atoms with E-state index in [1.807, 2.05) is 0 Å². The highest BCUT2D eigenvalue weighted by molar-refractivity contribution is 7.21. The Labute approximate surface area is 266 Å². The van der Waals surface area contributed by atoms with Crippen LogP contribution in [0, 0.1) is 17.7 Å². The number of aliphatic carboxylic acids is 2. The van der Waals surface area contributed by atoms with Gasteiger partial charge in [0.15, 0.2) is 40.4 Å². The highest BCUT2D eigenvalue weighted by Crippen LogP contribution is 2.41. The van der Waals surface area contributed by atoms with Crippen LogP contribution in [0.3, 0.4) is 0 Å². The lowest BCUT2D eigenvalue weighted by molar-refractivity contribution is -0.141. The number of ketones is 2. The third-order valence-corrected chi connectivity index (χ3v) is 9.39. The molecule has 240 valence electrons. The van der Waals surface area contributed by atoms with Crippen molar-refractivity contribution in [3.05, 3.63) is 45.9 Å². The zero-order valence-corrected chi connectivity index (χ0v) is 26.8. The number of unbranched alkanes of at least 4 members (excludes halogenated alkanes) is 1. The second-order valence-corrected chi connectivity index (χ2v) is 12.7. The number of carboxylic acid groups (broad SMARTS) is 2. The van der Waals surface area contributed by atoms with Crippen LogP contribution in [-0.2, 0) is 9.59 Å². The number of benzene rings is 2. The number of halogens is 1. The van der Waals surface area contributed by atoms with E-state index in [1.165, 1.54) is 45.5 Å². The SMILES string of the molecule is COc1cc2sc(C(=O)CC(C)C(=O)O)cc2cc1OCCCCOc1c(OC)cc2sc(C(=O)CC(C)C(=O)O)cc2c1F. The average molecular weight is 661 g/mol. The van der Waals surface area contributed by atoms with E-state index in [0.717, 1.165) is 21.4 Å².